The van der Waals surface area contributed by atoms with Gasteiger partial charge in [0, 0.05) is 13.2 Å². The highest BCUT2D eigenvalue weighted by Gasteiger charge is 2.23. The molecule has 0 saturated heterocycles. The summed E-state index contributed by atoms with van der Waals surface area (Å²) in [5.74, 6) is -0.765. The van der Waals surface area contributed by atoms with Gasteiger partial charge in [0.2, 0.25) is 0 Å². The van der Waals surface area contributed by atoms with Crippen molar-refractivity contribution in [3.63, 3.8) is 0 Å². The Morgan fingerprint density at radius 1 is 1.53 bits per heavy atom. The fraction of sp³-hybridized carbons (Fsp3) is 0.222. The summed E-state index contributed by atoms with van der Waals surface area (Å²) in [5, 5.41) is 8.65. The molecule has 2 rings (SSSR count). The van der Waals surface area contributed by atoms with Crippen LogP contribution in [0, 0.1) is 6.92 Å². The zero-order chi connectivity index (χ0) is 14.2. The Hall–Kier alpha value is -1.94. The summed E-state index contributed by atoms with van der Waals surface area (Å²) in [7, 11) is -2.25. The van der Waals surface area contributed by atoms with E-state index in [2.05, 4.69) is 14.7 Å². The van der Waals surface area contributed by atoms with Crippen molar-refractivity contribution in [1.82, 2.24) is 14.5 Å². The third-order valence-electron chi connectivity index (χ3n) is 2.36. The minimum absolute atomic E-state index is 0.0455. The molecular formula is C9H10N4O4S2. The molecular weight excluding hydrogens is 292 g/mol. The molecule has 0 bridgehead atoms. The van der Waals surface area contributed by atoms with Gasteiger partial charge in [-0.25, -0.2) is 14.8 Å². The van der Waals surface area contributed by atoms with Gasteiger partial charge in [-0.05, 0) is 6.92 Å². The fourth-order valence-electron chi connectivity index (χ4n) is 1.30. The summed E-state index contributed by atoms with van der Waals surface area (Å²) in [6.07, 6.45) is 1.35. The van der Waals surface area contributed by atoms with Crippen molar-refractivity contribution in [1.29, 1.82) is 0 Å². The van der Waals surface area contributed by atoms with Crippen LogP contribution in [-0.4, -0.2) is 34.0 Å². The first-order valence-electron chi connectivity index (χ1n) is 5.01. The third-order valence-corrected chi connectivity index (χ3v) is 4.45. The van der Waals surface area contributed by atoms with E-state index in [0.717, 1.165) is 11.3 Å². The van der Waals surface area contributed by atoms with Gasteiger partial charge in [-0.15, -0.1) is 11.3 Å². The van der Waals surface area contributed by atoms with Crippen molar-refractivity contribution in [3.8, 4) is 0 Å². The van der Waals surface area contributed by atoms with Gasteiger partial charge >= 0.3 is 5.97 Å². The lowest BCUT2D eigenvalue weighted by Crippen LogP contribution is -2.15. The Balaban J connectivity index is 2.36. The molecule has 10 heteroatoms. The number of hydrogen-bond acceptors (Lipinski definition) is 6. The second-order valence-corrected chi connectivity index (χ2v) is 6.16. The van der Waals surface area contributed by atoms with Gasteiger partial charge in [0.15, 0.2) is 10.7 Å². The number of nitrogens with one attached hydrogen (secondary N) is 1. The smallest absolute Gasteiger partial charge is 0.357 e. The molecule has 0 fully saturated rings. The van der Waals surface area contributed by atoms with Crippen LogP contribution in [0.15, 0.2) is 16.7 Å². The van der Waals surface area contributed by atoms with E-state index in [1.54, 1.807) is 18.5 Å². The summed E-state index contributed by atoms with van der Waals surface area (Å²) in [6, 6.07) is 0. The molecule has 19 heavy (non-hydrogen) atoms. The number of carbonyl (C=O) groups is 1. The maximum absolute atomic E-state index is 12.0. The molecule has 2 aromatic rings. The van der Waals surface area contributed by atoms with Gasteiger partial charge in [-0.2, -0.15) is 8.42 Å². The van der Waals surface area contributed by atoms with E-state index in [4.69, 9.17) is 5.11 Å². The van der Waals surface area contributed by atoms with E-state index in [1.807, 2.05) is 0 Å². The number of rotatable bonds is 4. The number of aromatic carboxylic acids is 1. The zero-order valence-electron chi connectivity index (χ0n) is 9.98. The van der Waals surface area contributed by atoms with E-state index < -0.39 is 16.0 Å². The molecule has 0 aliphatic rings. The number of imidazole rings is 1. The predicted molar refractivity (Wildman–Crippen MR) is 67.8 cm³/mol. The molecule has 0 aliphatic carbocycles. The number of thiazole rings is 1. The molecule has 0 atom stereocenters. The number of sulfonamides is 1. The van der Waals surface area contributed by atoms with Crippen molar-refractivity contribution in [3.05, 3.63) is 23.2 Å². The van der Waals surface area contributed by atoms with E-state index in [0.29, 0.717) is 5.82 Å². The van der Waals surface area contributed by atoms with Crippen LogP contribution in [-0.2, 0) is 17.1 Å². The molecule has 0 amide bonds. The van der Waals surface area contributed by atoms with Crippen molar-refractivity contribution >= 4 is 32.3 Å². The normalized spacial score (nSPS) is 11.5. The average molecular weight is 302 g/mol. The van der Waals surface area contributed by atoms with Crippen molar-refractivity contribution in [2.45, 2.75) is 11.9 Å². The molecule has 0 spiro atoms. The molecule has 0 aromatic carbocycles. The topological polar surface area (TPSA) is 114 Å². The summed E-state index contributed by atoms with van der Waals surface area (Å²) in [5.41, 5.74) is 0.923. The van der Waals surface area contributed by atoms with Crippen LogP contribution in [0.1, 0.15) is 16.3 Å². The minimum atomic E-state index is -3.92. The fourth-order valence-corrected chi connectivity index (χ4v) is 3.33. The lowest BCUT2D eigenvalue weighted by atomic mass is 10.5. The predicted octanol–water partition coefficient (Wildman–Crippen LogP) is 0.684. The molecule has 8 nitrogen and oxygen atoms in total. The standard InChI is InChI=1S/C9H10N4O4S2/c1-5-11-6(3-13(5)2)19(16,17)12-8-7(9(14)15)10-4-18-8/h3-4,12H,1-2H3,(H,14,15). The van der Waals surface area contributed by atoms with Crippen LogP contribution in [0.5, 0.6) is 0 Å². The van der Waals surface area contributed by atoms with Crippen LogP contribution in [0.2, 0.25) is 0 Å². The Labute approximate surface area is 112 Å². The number of aryl methyl sites for hydroxylation is 2. The van der Waals surface area contributed by atoms with E-state index >= 15 is 0 Å². The molecule has 0 unspecified atom stereocenters. The highest BCUT2D eigenvalue weighted by atomic mass is 32.2. The Morgan fingerprint density at radius 3 is 2.74 bits per heavy atom. The largest absolute Gasteiger partial charge is 0.476 e. The maximum atomic E-state index is 12.0. The quantitative estimate of drug-likeness (QED) is 0.858. The number of aromatic nitrogens is 3. The van der Waals surface area contributed by atoms with E-state index in [1.165, 1.54) is 11.7 Å². The number of anilines is 1. The average Bonchev–Trinajstić information content (AvgIpc) is 2.87. The molecule has 0 aliphatic heterocycles. The lowest BCUT2D eigenvalue weighted by molar-refractivity contribution is 0.0692. The number of carboxylic acids is 1. The Bertz CT molecular complexity index is 712. The second-order valence-electron chi connectivity index (χ2n) is 3.68. The summed E-state index contributed by atoms with van der Waals surface area (Å²) in [6.45, 7) is 1.66. The number of nitrogens with zero attached hydrogens (tertiary/aromatic N) is 3. The molecule has 0 radical (unpaired) electrons. The highest BCUT2D eigenvalue weighted by Crippen LogP contribution is 2.23. The van der Waals surface area contributed by atoms with Gasteiger partial charge < -0.3 is 9.67 Å². The van der Waals surface area contributed by atoms with E-state index in [9.17, 15) is 13.2 Å². The number of hydrogen-bond donors (Lipinski definition) is 2. The van der Waals surface area contributed by atoms with Crippen molar-refractivity contribution < 1.29 is 18.3 Å². The Kier molecular flexibility index (Phi) is 3.28. The number of carboxylic acid groups (broad SMARTS) is 1. The first-order chi connectivity index (χ1) is 8.81. The van der Waals surface area contributed by atoms with Gasteiger partial charge in [-0.1, -0.05) is 0 Å². The highest BCUT2D eigenvalue weighted by molar-refractivity contribution is 7.92. The van der Waals surface area contributed by atoms with Crippen LogP contribution in [0.25, 0.3) is 0 Å². The van der Waals surface area contributed by atoms with Crippen LogP contribution >= 0.6 is 11.3 Å². The summed E-state index contributed by atoms with van der Waals surface area (Å²) >= 11 is 0.894. The van der Waals surface area contributed by atoms with Gasteiger partial charge in [0.1, 0.15) is 10.8 Å². The molecule has 102 valence electrons. The molecule has 2 heterocycles. The van der Waals surface area contributed by atoms with Crippen molar-refractivity contribution in [2.24, 2.45) is 7.05 Å². The monoisotopic (exact) mass is 302 g/mol. The first-order valence-corrected chi connectivity index (χ1v) is 7.37. The Morgan fingerprint density at radius 2 is 2.21 bits per heavy atom. The lowest BCUT2D eigenvalue weighted by Gasteiger charge is -2.03. The second kappa shape index (κ2) is 4.63. The van der Waals surface area contributed by atoms with Gasteiger partial charge in [-0.3, -0.25) is 4.72 Å². The first kappa shape index (κ1) is 13.5. The van der Waals surface area contributed by atoms with E-state index in [-0.39, 0.29) is 15.7 Å². The van der Waals surface area contributed by atoms with Gasteiger partial charge in [0.25, 0.3) is 10.0 Å². The molecule has 2 N–H and O–H groups in total. The van der Waals surface area contributed by atoms with Crippen LogP contribution in [0.3, 0.4) is 0 Å². The molecule has 0 saturated carbocycles. The SMILES string of the molecule is Cc1nc(S(=O)(=O)Nc2scnc2C(=O)O)cn1C. The maximum Gasteiger partial charge on any atom is 0.357 e. The van der Waals surface area contributed by atoms with Crippen molar-refractivity contribution in [2.75, 3.05) is 4.72 Å². The zero-order valence-corrected chi connectivity index (χ0v) is 11.6. The summed E-state index contributed by atoms with van der Waals surface area (Å²) in [4.78, 5) is 18.3. The van der Waals surface area contributed by atoms with Crippen LogP contribution < -0.4 is 4.72 Å². The summed E-state index contributed by atoms with van der Waals surface area (Å²) < 4.78 is 27.8. The van der Waals surface area contributed by atoms with Crippen LogP contribution in [0.4, 0.5) is 5.00 Å². The third kappa shape index (κ3) is 2.58. The van der Waals surface area contributed by atoms with Gasteiger partial charge in [0.05, 0.1) is 5.51 Å². The minimum Gasteiger partial charge on any atom is -0.476 e. The molecule has 2 aromatic heterocycles.